The number of morpholine rings is 1. The average molecular weight is 314 g/mol. The number of benzene rings is 1. The Morgan fingerprint density at radius 2 is 2.00 bits per heavy atom. The highest BCUT2D eigenvalue weighted by Crippen LogP contribution is 2.29. The van der Waals surface area contributed by atoms with E-state index in [2.05, 4.69) is 20.8 Å². The van der Waals surface area contributed by atoms with Gasteiger partial charge in [-0.25, -0.2) is 4.79 Å². The molecule has 1 aliphatic heterocycles. The third kappa shape index (κ3) is 2.84. The maximum absolute atomic E-state index is 10.9. The minimum Gasteiger partial charge on any atom is -0.478 e. The van der Waals surface area contributed by atoms with Crippen LogP contribution in [0.3, 0.4) is 0 Å². The molecule has 1 fully saturated rings. The SMILES string of the molecule is CC1CN(c2ccc(C(=O)O)cc2Br)CC(C)O1. The van der Waals surface area contributed by atoms with E-state index in [9.17, 15) is 4.79 Å². The van der Waals surface area contributed by atoms with Gasteiger partial charge in [0.2, 0.25) is 0 Å². The van der Waals surface area contributed by atoms with E-state index in [-0.39, 0.29) is 12.2 Å². The number of aromatic carboxylic acids is 1. The Hall–Kier alpha value is -1.07. The normalized spacial score (nSPS) is 24.1. The van der Waals surface area contributed by atoms with E-state index in [1.807, 2.05) is 19.9 Å². The molecule has 2 rings (SSSR count). The van der Waals surface area contributed by atoms with Gasteiger partial charge < -0.3 is 14.7 Å². The van der Waals surface area contributed by atoms with E-state index in [1.54, 1.807) is 12.1 Å². The lowest BCUT2D eigenvalue weighted by atomic mass is 10.1. The molecule has 1 aromatic rings. The Bertz CT molecular complexity index is 454. The number of carboxylic acids is 1. The summed E-state index contributed by atoms with van der Waals surface area (Å²) in [6.07, 6.45) is 0.361. The number of anilines is 1. The minimum absolute atomic E-state index is 0.180. The molecule has 18 heavy (non-hydrogen) atoms. The second-order valence-electron chi connectivity index (χ2n) is 4.63. The van der Waals surface area contributed by atoms with Gasteiger partial charge in [-0.05, 0) is 48.0 Å². The second kappa shape index (κ2) is 5.28. The molecule has 0 aliphatic carbocycles. The summed E-state index contributed by atoms with van der Waals surface area (Å²) >= 11 is 3.45. The summed E-state index contributed by atoms with van der Waals surface area (Å²) < 4.78 is 6.50. The third-order valence-corrected chi connectivity index (χ3v) is 3.59. The largest absolute Gasteiger partial charge is 0.478 e. The number of carboxylic acid groups (broad SMARTS) is 1. The molecule has 2 unspecified atom stereocenters. The van der Waals surface area contributed by atoms with Crippen molar-refractivity contribution in [3.05, 3.63) is 28.2 Å². The van der Waals surface area contributed by atoms with Gasteiger partial charge in [-0.3, -0.25) is 0 Å². The first-order chi connectivity index (χ1) is 8.47. The molecule has 0 amide bonds. The molecule has 1 heterocycles. The number of carbonyl (C=O) groups is 1. The van der Waals surface area contributed by atoms with Gasteiger partial charge >= 0.3 is 5.97 Å². The van der Waals surface area contributed by atoms with E-state index < -0.39 is 5.97 Å². The molecule has 5 heteroatoms. The summed E-state index contributed by atoms with van der Waals surface area (Å²) in [6.45, 7) is 5.72. The zero-order valence-corrected chi connectivity index (χ0v) is 12.0. The molecule has 4 nitrogen and oxygen atoms in total. The van der Waals surface area contributed by atoms with Crippen molar-refractivity contribution in [2.75, 3.05) is 18.0 Å². The van der Waals surface area contributed by atoms with Crippen LogP contribution in [0.2, 0.25) is 0 Å². The fourth-order valence-electron chi connectivity index (χ4n) is 2.27. The predicted molar refractivity (Wildman–Crippen MR) is 73.3 cm³/mol. The van der Waals surface area contributed by atoms with Crippen LogP contribution in [-0.4, -0.2) is 36.4 Å². The molecule has 1 N–H and O–H groups in total. The first-order valence-corrected chi connectivity index (χ1v) is 6.70. The Morgan fingerprint density at radius 1 is 1.39 bits per heavy atom. The number of hydrogen-bond acceptors (Lipinski definition) is 3. The Morgan fingerprint density at radius 3 is 2.50 bits per heavy atom. The standard InChI is InChI=1S/C13H16BrNO3/c1-8-6-15(7-9(2)18-8)12-4-3-10(13(16)17)5-11(12)14/h3-5,8-9H,6-7H2,1-2H3,(H,16,17). The molecule has 0 radical (unpaired) electrons. The first-order valence-electron chi connectivity index (χ1n) is 5.90. The molecule has 0 bridgehead atoms. The lowest BCUT2D eigenvalue weighted by Gasteiger charge is -2.37. The lowest BCUT2D eigenvalue weighted by Crippen LogP contribution is -2.45. The second-order valence-corrected chi connectivity index (χ2v) is 5.49. The van der Waals surface area contributed by atoms with Crippen LogP contribution in [0, 0.1) is 0 Å². The minimum atomic E-state index is -0.911. The van der Waals surface area contributed by atoms with Gasteiger partial charge in [0.25, 0.3) is 0 Å². The number of hydrogen-bond donors (Lipinski definition) is 1. The Labute approximate surface area is 115 Å². The Balaban J connectivity index is 2.25. The highest BCUT2D eigenvalue weighted by molar-refractivity contribution is 9.10. The van der Waals surface area contributed by atoms with Crippen molar-refractivity contribution in [3.63, 3.8) is 0 Å². The Kier molecular flexibility index (Phi) is 3.92. The number of nitrogens with zero attached hydrogens (tertiary/aromatic N) is 1. The van der Waals surface area contributed by atoms with Crippen molar-refractivity contribution in [1.82, 2.24) is 0 Å². The summed E-state index contributed by atoms with van der Waals surface area (Å²) in [5, 5.41) is 8.94. The molecular formula is C13H16BrNO3. The van der Waals surface area contributed by atoms with Gasteiger partial charge in [0.05, 0.1) is 23.5 Å². The molecule has 0 aromatic heterocycles. The maximum atomic E-state index is 10.9. The van der Waals surface area contributed by atoms with E-state index in [4.69, 9.17) is 9.84 Å². The van der Waals surface area contributed by atoms with E-state index in [1.165, 1.54) is 0 Å². The van der Waals surface area contributed by atoms with Gasteiger partial charge in [-0.1, -0.05) is 0 Å². The smallest absolute Gasteiger partial charge is 0.335 e. The topological polar surface area (TPSA) is 49.8 Å². The summed E-state index contributed by atoms with van der Waals surface area (Å²) in [7, 11) is 0. The van der Waals surface area contributed by atoms with Gasteiger partial charge in [0, 0.05) is 17.6 Å². The molecule has 98 valence electrons. The molecular weight excluding hydrogens is 298 g/mol. The van der Waals surface area contributed by atoms with Crippen LogP contribution >= 0.6 is 15.9 Å². The van der Waals surface area contributed by atoms with Crippen LogP contribution in [0.25, 0.3) is 0 Å². The monoisotopic (exact) mass is 313 g/mol. The highest BCUT2D eigenvalue weighted by atomic mass is 79.9. The molecule has 1 saturated heterocycles. The van der Waals surface area contributed by atoms with Gasteiger partial charge in [-0.15, -0.1) is 0 Å². The molecule has 0 saturated carbocycles. The third-order valence-electron chi connectivity index (χ3n) is 2.95. The van der Waals surface area contributed by atoms with Crippen LogP contribution in [0.15, 0.2) is 22.7 Å². The fourth-order valence-corrected chi connectivity index (χ4v) is 2.90. The summed E-state index contributed by atoms with van der Waals surface area (Å²) in [5.74, 6) is -0.911. The fraction of sp³-hybridized carbons (Fsp3) is 0.462. The van der Waals surface area contributed by atoms with Crippen molar-refractivity contribution in [2.24, 2.45) is 0 Å². The van der Waals surface area contributed by atoms with Crippen molar-refractivity contribution < 1.29 is 14.6 Å². The zero-order chi connectivity index (χ0) is 13.3. The first kappa shape index (κ1) is 13.4. The van der Waals surface area contributed by atoms with Crippen LogP contribution < -0.4 is 4.90 Å². The van der Waals surface area contributed by atoms with Gasteiger partial charge in [0.15, 0.2) is 0 Å². The number of rotatable bonds is 2. The summed E-state index contributed by atoms with van der Waals surface area (Å²) in [5.41, 5.74) is 1.31. The molecule has 0 spiro atoms. The maximum Gasteiger partial charge on any atom is 0.335 e. The summed E-state index contributed by atoms with van der Waals surface area (Å²) in [4.78, 5) is 13.1. The van der Waals surface area contributed by atoms with Crippen molar-refractivity contribution >= 4 is 27.6 Å². The average Bonchev–Trinajstić information content (AvgIpc) is 2.27. The molecule has 1 aromatic carbocycles. The van der Waals surface area contributed by atoms with Gasteiger partial charge in [-0.2, -0.15) is 0 Å². The highest BCUT2D eigenvalue weighted by Gasteiger charge is 2.23. The van der Waals surface area contributed by atoms with E-state index >= 15 is 0 Å². The quantitative estimate of drug-likeness (QED) is 0.912. The van der Waals surface area contributed by atoms with Crippen molar-refractivity contribution in [3.8, 4) is 0 Å². The van der Waals surface area contributed by atoms with Crippen molar-refractivity contribution in [2.45, 2.75) is 26.1 Å². The van der Waals surface area contributed by atoms with Gasteiger partial charge in [0.1, 0.15) is 0 Å². The molecule has 1 aliphatic rings. The number of ether oxygens (including phenoxy) is 1. The molecule has 2 atom stereocenters. The van der Waals surface area contributed by atoms with E-state index in [0.29, 0.717) is 5.56 Å². The van der Waals surface area contributed by atoms with Crippen molar-refractivity contribution in [1.29, 1.82) is 0 Å². The van der Waals surface area contributed by atoms with Crippen LogP contribution in [-0.2, 0) is 4.74 Å². The van der Waals surface area contributed by atoms with Crippen LogP contribution in [0.1, 0.15) is 24.2 Å². The predicted octanol–water partition coefficient (Wildman–Crippen LogP) is 2.76. The zero-order valence-electron chi connectivity index (χ0n) is 10.4. The summed E-state index contributed by atoms with van der Waals surface area (Å²) in [6, 6.07) is 5.12. The van der Waals surface area contributed by atoms with E-state index in [0.717, 1.165) is 23.2 Å². The lowest BCUT2D eigenvalue weighted by molar-refractivity contribution is -0.00526. The number of halogens is 1. The van der Waals surface area contributed by atoms with Crippen LogP contribution in [0.4, 0.5) is 5.69 Å². The van der Waals surface area contributed by atoms with Crippen LogP contribution in [0.5, 0.6) is 0 Å².